The average Bonchev–Trinajstić information content (AvgIpc) is 1.67. The average molecular weight is 130 g/mol. The molecule has 0 saturated heterocycles. The lowest BCUT2D eigenvalue weighted by molar-refractivity contribution is 0.895. The number of hydrogen-bond donors (Lipinski definition) is 2. The molecule has 0 aliphatic rings. The Bertz CT molecular complexity index is 98.6. The Morgan fingerprint density at radius 2 is 2.12 bits per heavy atom. The fourth-order valence-electron chi connectivity index (χ4n) is 0.200. The maximum Gasteiger partial charge on any atom is 0.0723 e. The molecule has 0 fully saturated rings. The Hall–Kier alpha value is -0.310. The Labute approximate surface area is 53.7 Å². The molecular weight excluding hydrogens is 120 g/mol. The quantitative estimate of drug-likeness (QED) is 0.435. The molecule has 0 radical (unpaired) electrons. The molecule has 0 spiro atoms. The van der Waals surface area contributed by atoms with Gasteiger partial charge >= 0.3 is 0 Å². The van der Waals surface area contributed by atoms with Crippen LogP contribution in [-0.2, 0) is 0 Å². The molecule has 0 aliphatic carbocycles. The Morgan fingerprint density at radius 1 is 1.62 bits per heavy atom. The first-order chi connectivity index (χ1) is 3.68. The zero-order valence-electron chi connectivity index (χ0n) is 5.06. The summed E-state index contributed by atoms with van der Waals surface area (Å²) in [5.74, 6) is 0.265. The molecule has 0 saturated carbocycles. The van der Waals surface area contributed by atoms with Gasteiger partial charge < -0.3 is 5.41 Å². The third kappa shape index (κ3) is 2.80. The molecule has 0 aromatic heterocycles. The van der Waals surface area contributed by atoms with E-state index in [1.807, 2.05) is 13.8 Å². The third-order valence-electron chi connectivity index (χ3n) is 0.710. The van der Waals surface area contributed by atoms with E-state index in [1.54, 1.807) is 0 Å². The Morgan fingerprint density at radius 3 is 2.25 bits per heavy atom. The minimum Gasteiger partial charge on any atom is -0.301 e. The molecule has 0 amide bonds. The van der Waals surface area contributed by atoms with Crippen LogP contribution in [0.5, 0.6) is 0 Å². The van der Waals surface area contributed by atoms with Crippen molar-refractivity contribution in [2.75, 3.05) is 0 Å². The zero-order valence-corrected chi connectivity index (χ0v) is 5.88. The van der Waals surface area contributed by atoms with Crippen molar-refractivity contribution in [1.82, 2.24) is 0 Å². The van der Waals surface area contributed by atoms with Gasteiger partial charge in [-0.1, -0.05) is 25.6 Å². The molecule has 0 rings (SSSR count). The lowest BCUT2D eigenvalue weighted by Gasteiger charge is -1.99. The van der Waals surface area contributed by atoms with Gasteiger partial charge in [0.25, 0.3) is 0 Å². The van der Waals surface area contributed by atoms with Crippen LogP contribution in [0.3, 0.4) is 0 Å². The first kappa shape index (κ1) is 7.69. The van der Waals surface area contributed by atoms with Crippen LogP contribution in [0.15, 0.2) is 0 Å². The van der Waals surface area contributed by atoms with E-state index in [2.05, 4.69) is 0 Å². The highest BCUT2D eigenvalue weighted by atomic mass is 32.2. The Balaban J connectivity index is 3.48. The summed E-state index contributed by atoms with van der Waals surface area (Å²) >= 11 is 1.16. The van der Waals surface area contributed by atoms with Crippen LogP contribution in [0.2, 0.25) is 0 Å². The van der Waals surface area contributed by atoms with Gasteiger partial charge in [-0.25, -0.2) is 0 Å². The van der Waals surface area contributed by atoms with E-state index < -0.39 is 0 Å². The molecule has 0 atom stereocenters. The van der Waals surface area contributed by atoms with Crippen LogP contribution in [-0.4, -0.2) is 10.6 Å². The number of nitrogens with one attached hydrogen (secondary N) is 2. The standard InChI is InChI=1S/C5H10N2S/c1-4(2)5(7)8-3-6/h3-4,6-7H,1-2H3. The topological polar surface area (TPSA) is 47.7 Å². The van der Waals surface area contributed by atoms with Crippen molar-refractivity contribution < 1.29 is 0 Å². The lowest BCUT2D eigenvalue weighted by atomic mass is 10.2. The predicted molar refractivity (Wildman–Crippen MR) is 38.9 cm³/mol. The molecule has 0 aromatic rings. The summed E-state index contributed by atoms with van der Waals surface area (Å²) in [7, 11) is 0. The zero-order chi connectivity index (χ0) is 6.57. The molecule has 8 heavy (non-hydrogen) atoms. The van der Waals surface area contributed by atoms with E-state index in [0.29, 0.717) is 5.04 Å². The van der Waals surface area contributed by atoms with E-state index in [1.165, 1.54) is 5.55 Å². The molecule has 0 bridgehead atoms. The fraction of sp³-hybridized carbons (Fsp3) is 0.600. The van der Waals surface area contributed by atoms with Gasteiger partial charge in [0.15, 0.2) is 0 Å². The van der Waals surface area contributed by atoms with Crippen LogP contribution in [0.25, 0.3) is 0 Å². The van der Waals surface area contributed by atoms with Gasteiger partial charge in [-0.2, -0.15) is 0 Å². The first-order valence-electron chi connectivity index (χ1n) is 2.42. The molecule has 0 aromatic carbocycles. The highest BCUT2D eigenvalue weighted by Crippen LogP contribution is 2.06. The molecule has 2 N–H and O–H groups in total. The second-order valence-electron chi connectivity index (χ2n) is 1.75. The van der Waals surface area contributed by atoms with E-state index in [-0.39, 0.29) is 5.92 Å². The lowest BCUT2D eigenvalue weighted by Crippen LogP contribution is -1.99. The van der Waals surface area contributed by atoms with Crippen LogP contribution in [0, 0.1) is 16.7 Å². The smallest absolute Gasteiger partial charge is 0.0723 e. The fourth-order valence-corrected chi connectivity index (χ4v) is 0.599. The number of rotatable bonds is 2. The molecule has 3 heteroatoms. The summed E-state index contributed by atoms with van der Waals surface area (Å²) in [5, 5.41) is 14.3. The highest BCUT2D eigenvalue weighted by molar-refractivity contribution is 8.24. The van der Waals surface area contributed by atoms with Crippen LogP contribution >= 0.6 is 11.8 Å². The molecule has 46 valence electrons. The minimum atomic E-state index is 0.265. The maximum absolute atomic E-state index is 7.16. The van der Waals surface area contributed by atoms with Gasteiger partial charge in [-0.15, -0.1) is 0 Å². The molecule has 0 unspecified atom stereocenters. The molecule has 2 nitrogen and oxygen atoms in total. The van der Waals surface area contributed by atoms with Crippen LogP contribution < -0.4 is 0 Å². The van der Waals surface area contributed by atoms with Crippen LogP contribution in [0.4, 0.5) is 0 Å². The van der Waals surface area contributed by atoms with Crippen molar-refractivity contribution in [2.24, 2.45) is 5.92 Å². The van der Waals surface area contributed by atoms with Crippen LogP contribution in [0.1, 0.15) is 13.8 Å². The van der Waals surface area contributed by atoms with Crippen molar-refractivity contribution in [2.45, 2.75) is 13.8 Å². The molecule has 0 aliphatic heterocycles. The monoisotopic (exact) mass is 130 g/mol. The van der Waals surface area contributed by atoms with Gasteiger partial charge in [-0.3, -0.25) is 5.41 Å². The van der Waals surface area contributed by atoms with Crippen molar-refractivity contribution >= 4 is 22.4 Å². The van der Waals surface area contributed by atoms with E-state index >= 15 is 0 Å². The van der Waals surface area contributed by atoms with E-state index in [9.17, 15) is 0 Å². The van der Waals surface area contributed by atoms with E-state index in [4.69, 9.17) is 10.8 Å². The van der Waals surface area contributed by atoms with Crippen molar-refractivity contribution in [3.05, 3.63) is 0 Å². The minimum absolute atomic E-state index is 0.265. The van der Waals surface area contributed by atoms with Gasteiger partial charge in [-0.05, 0) is 0 Å². The van der Waals surface area contributed by atoms with Gasteiger partial charge in [0, 0.05) is 5.92 Å². The van der Waals surface area contributed by atoms with Crippen molar-refractivity contribution in [3.63, 3.8) is 0 Å². The summed E-state index contributed by atoms with van der Waals surface area (Å²) in [6, 6.07) is 0. The van der Waals surface area contributed by atoms with Gasteiger partial charge in [0.2, 0.25) is 0 Å². The van der Waals surface area contributed by atoms with E-state index in [0.717, 1.165) is 11.8 Å². The van der Waals surface area contributed by atoms with Crippen molar-refractivity contribution in [3.8, 4) is 0 Å². The normalized spacial score (nSPS) is 9.38. The first-order valence-corrected chi connectivity index (χ1v) is 3.30. The number of thioether (sulfide) groups is 1. The second-order valence-corrected chi connectivity index (χ2v) is 2.67. The summed E-state index contributed by atoms with van der Waals surface area (Å²) in [5.41, 5.74) is 1.18. The summed E-state index contributed by atoms with van der Waals surface area (Å²) in [4.78, 5) is 0. The summed E-state index contributed by atoms with van der Waals surface area (Å²) < 4.78 is 0. The van der Waals surface area contributed by atoms with Gasteiger partial charge in [0.05, 0.1) is 10.6 Å². The number of hydrogen-bond acceptors (Lipinski definition) is 3. The van der Waals surface area contributed by atoms with Crippen molar-refractivity contribution in [1.29, 1.82) is 10.8 Å². The predicted octanol–water partition coefficient (Wildman–Crippen LogP) is 1.96. The SMILES string of the molecule is CC(C)C(=N)SC=N. The molecule has 0 heterocycles. The molecular formula is C5H10N2S. The van der Waals surface area contributed by atoms with Gasteiger partial charge in [0.1, 0.15) is 0 Å². The Kier molecular flexibility index (Phi) is 3.52. The summed E-state index contributed by atoms with van der Waals surface area (Å²) in [6.07, 6.45) is 0. The largest absolute Gasteiger partial charge is 0.301 e. The maximum atomic E-state index is 7.16. The second kappa shape index (κ2) is 3.66. The summed E-state index contributed by atoms with van der Waals surface area (Å²) in [6.45, 7) is 3.89. The third-order valence-corrected chi connectivity index (χ3v) is 1.55. The highest BCUT2D eigenvalue weighted by Gasteiger charge is 1.98.